The lowest BCUT2D eigenvalue weighted by Gasteiger charge is -2.21. The molecule has 1 aromatic carbocycles. The van der Waals surface area contributed by atoms with Crippen molar-refractivity contribution in [1.29, 1.82) is 0 Å². The molecule has 17 heavy (non-hydrogen) atoms. The fourth-order valence-corrected chi connectivity index (χ4v) is 1.57. The van der Waals surface area contributed by atoms with Gasteiger partial charge in [0.15, 0.2) is 0 Å². The van der Waals surface area contributed by atoms with Crippen LogP contribution in [0, 0.1) is 6.92 Å². The molecule has 0 unspecified atom stereocenters. The van der Waals surface area contributed by atoms with Crippen molar-refractivity contribution in [1.82, 2.24) is 5.32 Å². The summed E-state index contributed by atoms with van der Waals surface area (Å²) >= 11 is 0. The van der Waals surface area contributed by atoms with E-state index in [2.05, 4.69) is 18.3 Å². The zero-order valence-electron chi connectivity index (χ0n) is 11.2. The summed E-state index contributed by atoms with van der Waals surface area (Å²) < 4.78 is 5.74. The van der Waals surface area contributed by atoms with Crippen LogP contribution >= 0.6 is 0 Å². The van der Waals surface area contributed by atoms with Crippen molar-refractivity contribution in [2.45, 2.75) is 39.8 Å². The maximum Gasteiger partial charge on any atom is 0.126 e. The lowest BCUT2D eigenvalue weighted by molar-refractivity contribution is 0.0279. The van der Waals surface area contributed by atoms with E-state index in [4.69, 9.17) is 4.74 Å². The minimum atomic E-state index is -0.808. The van der Waals surface area contributed by atoms with Crippen molar-refractivity contribution in [2.75, 3.05) is 13.2 Å². The first-order valence-corrected chi connectivity index (χ1v) is 6.08. The second-order valence-electron chi connectivity index (χ2n) is 4.94. The minimum absolute atomic E-state index is 0.303. The normalized spacial score (nSPS) is 11.6. The van der Waals surface area contributed by atoms with Gasteiger partial charge < -0.3 is 15.2 Å². The molecule has 0 aliphatic heterocycles. The van der Waals surface area contributed by atoms with E-state index in [0.717, 1.165) is 30.0 Å². The monoisotopic (exact) mass is 237 g/mol. The third kappa shape index (κ3) is 4.75. The second-order valence-corrected chi connectivity index (χ2v) is 4.94. The van der Waals surface area contributed by atoms with Crippen LogP contribution in [0.1, 0.15) is 31.9 Å². The van der Waals surface area contributed by atoms with E-state index < -0.39 is 5.60 Å². The van der Waals surface area contributed by atoms with Crippen LogP contribution in [-0.2, 0) is 6.54 Å². The standard InChI is InChI=1S/C14H23NO2/c1-5-15-9-12-8-6-7-11(2)13(12)17-10-14(3,4)16/h6-8,15-16H,5,9-10H2,1-4H3. The van der Waals surface area contributed by atoms with E-state index in [0.29, 0.717) is 6.61 Å². The Morgan fingerprint density at radius 3 is 2.65 bits per heavy atom. The minimum Gasteiger partial charge on any atom is -0.490 e. The average molecular weight is 237 g/mol. The Hall–Kier alpha value is -1.06. The molecule has 0 aliphatic carbocycles. The number of aliphatic hydroxyl groups is 1. The van der Waals surface area contributed by atoms with Gasteiger partial charge in [0.1, 0.15) is 12.4 Å². The largest absolute Gasteiger partial charge is 0.490 e. The van der Waals surface area contributed by atoms with Gasteiger partial charge in [-0.25, -0.2) is 0 Å². The number of rotatable bonds is 6. The van der Waals surface area contributed by atoms with Gasteiger partial charge in [-0.05, 0) is 32.9 Å². The van der Waals surface area contributed by atoms with Crippen LogP contribution in [-0.4, -0.2) is 23.9 Å². The van der Waals surface area contributed by atoms with Crippen molar-refractivity contribution in [3.8, 4) is 5.75 Å². The lowest BCUT2D eigenvalue weighted by atomic mass is 10.1. The van der Waals surface area contributed by atoms with Gasteiger partial charge >= 0.3 is 0 Å². The maximum absolute atomic E-state index is 9.70. The van der Waals surface area contributed by atoms with Crippen molar-refractivity contribution in [3.05, 3.63) is 29.3 Å². The quantitative estimate of drug-likeness (QED) is 0.797. The first-order valence-electron chi connectivity index (χ1n) is 6.08. The summed E-state index contributed by atoms with van der Waals surface area (Å²) in [6.45, 7) is 9.61. The first kappa shape index (κ1) is 14.0. The maximum atomic E-state index is 9.70. The van der Waals surface area contributed by atoms with Gasteiger partial charge in [0.25, 0.3) is 0 Å². The molecule has 1 rings (SSSR count). The summed E-state index contributed by atoms with van der Waals surface area (Å²) in [5.41, 5.74) is 1.43. The number of para-hydroxylation sites is 1. The smallest absolute Gasteiger partial charge is 0.126 e. The Morgan fingerprint density at radius 2 is 2.06 bits per heavy atom. The molecule has 0 radical (unpaired) electrons. The molecule has 0 fully saturated rings. The lowest BCUT2D eigenvalue weighted by Crippen LogP contribution is -2.28. The molecule has 0 aliphatic rings. The summed E-state index contributed by atoms with van der Waals surface area (Å²) in [5.74, 6) is 0.885. The number of hydrogen-bond acceptors (Lipinski definition) is 3. The van der Waals surface area contributed by atoms with E-state index in [-0.39, 0.29) is 0 Å². The van der Waals surface area contributed by atoms with Crippen molar-refractivity contribution in [3.63, 3.8) is 0 Å². The molecule has 96 valence electrons. The SMILES string of the molecule is CCNCc1cccc(C)c1OCC(C)(C)O. The summed E-state index contributed by atoms with van der Waals surface area (Å²) in [6.07, 6.45) is 0. The number of ether oxygens (including phenoxy) is 1. The molecule has 0 saturated heterocycles. The highest BCUT2D eigenvalue weighted by Gasteiger charge is 2.15. The van der Waals surface area contributed by atoms with Crippen LogP contribution in [0.2, 0.25) is 0 Å². The zero-order valence-corrected chi connectivity index (χ0v) is 11.2. The predicted octanol–water partition coefficient (Wildman–Crippen LogP) is 2.25. The Bertz CT molecular complexity index is 356. The van der Waals surface area contributed by atoms with Gasteiger partial charge in [-0.3, -0.25) is 0 Å². The average Bonchev–Trinajstić information content (AvgIpc) is 2.23. The molecular weight excluding hydrogens is 214 g/mol. The Labute approximate surface area is 104 Å². The summed E-state index contributed by atoms with van der Waals surface area (Å²) in [6, 6.07) is 6.10. The van der Waals surface area contributed by atoms with Gasteiger partial charge in [0.05, 0.1) is 5.60 Å². The van der Waals surface area contributed by atoms with Gasteiger partial charge in [0.2, 0.25) is 0 Å². The fourth-order valence-electron chi connectivity index (χ4n) is 1.57. The van der Waals surface area contributed by atoms with Crippen LogP contribution < -0.4 is 10.1 Å². The number of benzene rings is 1. The molecular formula is C14H23NO2. The number of hydrogen-bond donors (Lipinski definition) is 2. The number of nitrogens with one attached hydrogen (secondary N) is 1. The van der Waals surface area contributed by atoms with Crippen molar-refractivity contribution >= 4 is 0 Å². The predicted molar refractivity (Wildman–Crippen MR) is 70.4 cm³/mol. The Kier molecular flexibility index (Phi) is 4.97. The topological polar surface area (TPSA) is 41.5 Å². The molecule has 0 saturated carbocycles. The van der Waals surface area contributed by atoms with Crippen LogP contribution in [0.15, 0.2) is 18.2 Å². The second kappa shape index (κ2) is 6.03. The van der Waals surface area contributed by atoms with Crippen LogP contribution in [0.5, 0.6) is 5.75 Å². The summed E-state index contributed by atoms with van der Waals surface area (Å²) in [7, 11) is 0. The first-order chi connectivity index (χ1) is 7.94. The van der Waals surface area contributed by atoms with Crippen molar-refractivity contribution in [2.24, 2.45) is 0 Å². The van der Waals surface area contributed by atoms with E-state index in [1.54, 1.807) is 13.8 Å². The molecule has 3 nitrogen and oxygen atoms in total. The molecule has 0 spiro atoms. The fraction of sp³-hybridized carbons (Fsp3) is 0.571. The molecule has 1 aromatic rings. The van der Waals surface area contributed by atoms with E-state index in [1.807, 2.05) is 19.1 Å². The van der Waals surface area contributed by atoms with Crippen LogP contribution in [0.3, 0.4) is 0 Å². The van der Waals surface area contributed by atoms with Gasteiger partial charge in [-0.2, -0.15) is 0 Å². The highest BCUT2D eigenvalue weighted by Crippen LogP contribution is 2.24. The molecule has 3 heteroatoms. The van der Waals surface area contributed by atoms with Crippen LogP contribution in [0.4, 0.5) is 0 Å². The number of aryl methyl sites for hydroxylation is 1. The van der Waals surface area contributed by atoms with E-state index in [9.17, 15) is 5.11 Å². The highest BCUT2D eigenvalue weighted by molar-refractivity contribution is 5.40. The summed E-state index contributed by atoms with van der Waals surface area (Å²) in [4.78, 5) is 0. The molecule has 0 atom stereocenters. The third-order valence-electron chi connectivity index (χ3n) is 2.43. The summed E-state index contributed by atoms with van der Waals surface area (Å²) in [5, 5.41) is 13.0. The third-order valence-corrected chi connectivity index (χ3v) is 2.43. The van der Waals surface area contributed by atoms with Crippen molar-refractivity contribution < 1.29 is 9.84 Å². The van der Waals surface area contributed by atoms with E-state index >= 15 is 0 Å². The van der Waals surface area contributed by atoms with E-state index in [1.165, 1.54) is 0 Å². The Morgan fingerprint density at radius 1 is 1.35 bits per heavy atom. The van der Waals surface area contributed by atoms with Gasteiger partial charge in [-0.15, -0.1) is 0 Å². The van der Waals surface area contributed by atoms with Gasteiger partial charge in [-0.1, -0.05) is 25.1 Å². The van der Waals surface area contributed by atoms with Crippen LogP contribution in [0.25, 0.3) is 0 Å². The molecule has 0 bridgehead atoms. The highest BCUT2D eigenvalue weighted by atomic mass is 16.5. The zero-order chi connectivity index (χ0) is 12.9. The van der Waals surface area contributed by atoms with Gasteiger partial charge in [0, 0.05) is 12.1 Å². The molecule has 0 aromatic heterocycles. The molecule has 0 amide bonds. The Balaban J connectivity index is 2.80. The molecule has 0 heterocycles. The molecule has 2 N–H and O–H groups in total.